The van der Waals surface area contributed by atoms with Crippen LogP contribution >= 0.6 is 0 Å². The highest BCUT2D eigenvalue weighted by atomic mass is 32.2. The first-order chi connectivity index (χ1) is 20.4. The van der Waals surface area contributed by atoms with Gasteiger partial charge >= 0.3 is 0 Å². The Morgan fingerprint density at radius 3 is 1.79 bits per heavy atom. The van der Waals surface area contributed by atoms with Crippen LogP contribution in [-0.2, 0) is 20.7 Å². The van der Waals surface area contributed by atoms with Crippen LogP contribution in [-0.4, -0.2) is 15.0 Å². The lowest BCUT2D eigenvalue weighted by Crippen LogP contribution is -2.19. The van der Waals surface area contributed by atoms with Gasteiger partial charge in [0.25, 0.3) is 0 Å². The van der Waals surface area contributed by atoms with Gasteiger partial charge in [0.15, 0.2) is 9.84 Å². The van der Waals surface area contributed by atoms with E-state index >= 15 is 0 Å². The molecule has 4 aromatic rings. The van der Waals surface area contributed by atoms with Crippen LogP contribution in [0.1, 0.15) is 74.1 Å². The van der Waals surface area contributed by atoms with Gasteiger partial charge in [0, 0.05) is 24.2 Å². The van der Waals surface area contributed by atoms with E-state index in [-0.39, 0.29) is 17.3 Å². The number of hydrogen-bond donors (Lipinski definition) is 1. The summed E-state index contributed by atoms with van der Waals surface area (Å²) in [7, 11) is -3.61. The zero-order valence-corrected chi connectivity index (χ0v) is 26.8. The second-order valence-electron chi connectivity index (χ2n) is 11.9. The molecule has 1 atom stereocenters. The Labute approximate surface area is 258 Å². The molecule has 0 spiro atoms. The quantitative estimate of drug-likeness (QED) is 0.210. The van der Waals surface area contributed by atoms with Gasteiger partial charge in [0.2, 0.25) is 0 Å². The zero-order chi connectivity index (χ0) is 31.1. The first kappa shape index (κ1) is 31.7. The molecule has 0 saturated heterocycles. The van der Waals surface area contributed by atoms with Crippen LogP contribution in [0.3, 0.4) is 0 Å². The maximum Gasteiger partial charge on any atom is 0.186 e. The smallest absolute Gasteiger partial charge is 0.186 e. The summed E-state index contributed by atoms with van der Waals surface area (Å²) in [5.74, 6) is 13.4. The van der Waals surface area contributed by atoms with Crippen LogP contribution in [0.25, 0.3) is 0 Å². The van der Waals surface area contributed by atoms with Crippen LogP contribution in [0.15, 0.2) is 108 Å². The Kier molecular flexibility index (Phi) is 9.85. The Morgan fingerprint density at radius 1 is 0.721 bits per heavy atom. The lowest BCUT2D eigenvalue weighted by Gasteiger charge is -2.22. The molecule has 220 valence electrons. The van der Waals surface area contributed by atoms with Crippen molar-refractivity contribution in [2.24, 2.45) is 0 Å². The molecule has 1 N–H and O–H groups in total. The van der Waals surface area contributed by atoms with Gasteiger partial charge in [-0.2, -0.15) is 0 Å². The highest BCUT2D eigenvalue weighted by molar-refractivity contribution is 7.91. The number of anilines is 1. The standard InChI is InChI=1S/C39H41NO2S/c1-7-40-35-26-24-34(25-27-35)39(5,6)29-28-38(3,4)33-22-18-31(19-23-33)12-11-15-37(32-20-16-30(2)17-21-32)43(41,42)36-13-9-8-10-14-36/h8-10,13-14,16-27,37,40H,7,15H2,1-6H3. The summed E-state index contributed by atoms with van der Waals surface area (Å²) in [6.07, 6.45) is 0.198. The van der Waals surface area contributed by atoms with Gasteiger partial charge in [-0.3, -0.25) is 0 Å². The van der Waals surface area contributed by atoms with E-state index in [4.69, 9.17) is 0 Å². The minimum Gasteiger partial charge on any atom is -0.385 e. The fourth-order valence-corrected chi connectivity index (χ4v) is 6.53. The first-order valence-corrected chi connectivity index (χ1v) is 16.3. The summed E-state index contributed by atoms with van der Waals surface area (Å²) in [5.41, 5.74) is 5.43. The van der Waals surface area contributed by atoms with E-state index in [9.17, 15) is 8.42 Å². The third-order valence-electron chi connectivity index (χ3n) is 7.70. The van der Waals surface area contributed by atoms with E-state index in [0.29, 0.717) is 4.90 Å². The minimum absolute atomic E-state index is 0.198. The molecule has 1 unspecified atom stereocenters. The SMILES string of the molecule is CCNc1ccc(C(C)(C)C#CC(C)(C)c2ccc(C#CCC(c3ccc(C)cc3)S(=O)(=O)c3ccccc3)cc2)cc1. The number of sulfone groups is 1. The van der Waals surface area contributed by atoms with Crippen molar-refractivity contribution in [3.8, 4) is 23.7 Å². The van der Waals surface area contributed by atoms with E-state index in [1.54, 1.807) is 24.3 Å². The highest BCUT2D eigenvalue weighted by Crippen LogP contribution is 2.32. The summed E-state index contributed by atoms with van der Waals surface area (Å²) >= 11 is 0. The minimum atomic E-state index is -3.61. The fraction of sp³-hybridized carbons (Fsp3) is 0.282. The number of nitrogens with one attached hydrogen (secondary N) is 1. The molecule has 0 aliphatic heterocycles. The normalized spacial score (nSPS) is 12.3. The van der Waals surface area contributed by atoms with Crippen molar-refractivity contribution in [3.63, 3.8) is 0 Å². The van der Waals surface area contributed by atoms with Gasteiger partial charge in [-0.1, -0.05) is 96.0 Å². The third kappa shape index (κ3) is 7.98. The second kappa shape index (κ2) is 13.4. The van der Waals surface area contributed by atoms with Crippen LogP contribution in [0.4, 0.5) is 5.69 Å². The summed E-state index contributed by atoms with van der Waals surface area (Å²) < 4.78 is 27.2. The summed E-state index contributed by atoms with van der Waals surface area (Å²) in [4.78, 5) is 0.309. The van der Waals surface area contributed by atoms with Gasteiger partial charge in [-0.25, -0.2) is 8.42 Å². The van der Waals surface area contributed by atoms with Gasteiger partial charge < -0.3 is 5.32 Å². The molecule has 0 aliphatic carbocycles. The van der Waals surface area contributed by atoms with Crippen molar-refractivity contribution >= 4 is 15.5 Å². The predicted molar refractivity (Wildman–Crippen MR) is 180 cm³/mol. The average Bonchev–Trinajstić information content (AvgIpc) is 3.00. The highest BCUT2D eigenvalue weighted by Gasteiger charge is 2.28. The molecule has 0 aliphatic rings. The Morgan fingerprint density at radius 2 is 1.26 bits per heavy atom. The van der Waals surface area contributed by atoms with Crippen molar-refractivity contribution in [1.82, 2.24) is 0 Å². The lowest BCUT2D eigenvalue weighted by molar-refractivity contribution is 0.583. The van der Waals surface area contributed by atoms with Gasteiger partial charge in [0.05, 0.1) is 15.7 Å². The molecule has 0 heterocycles. The van der Waals surface area contributed by atoms with Crippen LogP contribution in [0.2, 0.25) is 0 Å². The second-order valence-corrected chi connectivity index (χ2v) is 14.1. The van der Waals surface area contributed by atoms with E-state index in [1.165, 1.54) is 5.56 Å². The molecule has 4 heteroatoms. The van der Waals surface area contributed by atoms with E-state index < -0.39 is 15.1 Å². The molecule has 0 aromatic heterocycles. The van der Waals surface area contributed by atoms with Crippen LogP contribution in [0.5, 0.6) is 0 Å². The fourth-order valence-electron chi connectivity index (χ4n) is 4.84. The van der Waals surface area contributed by atoms with E-state index in [2.05, 4.69) is 100 Å². The molecule has 0 fully saturated rings. The topological polar surface area (TPSA) is 46.2 Å². The first-order valence-electron chi connectivity index (χ1n) is 14.8. The number of aryl methyl sites for hydroxylation is 1. The van der Waals surface area contributed by atoms with Crippen molar-refractivity contribution in [3.05, 3.63) is 131 Å². The Hall–Kier alpha value is -4.25. The van der Waals surface area contributed by atoms with Gasteiger partial charge in [0.1, 0.15) is 5.25 Å². The number of benzene rings is 4. The predicted octanol–water partition coefficient (Wildman–Crippen LogP) is 8.64. The molecule has 4 aromatic carbocycles. The molecular weight excluding hydrogens is 547 g/mol. The molecular formula is C39H41NO2S. The summed E-state index contributed by atoms with van der Waals surface area (Å²) in [6.45, 7) is 13.5. The van der Waals surface area contributed by atoms with Crippen molar-refractivity contribution in [1.29, 1.82) is 0 Å². The third-order valence-corrected chi connectivity index (χ3v) is 9.81. The van der Waals surface area contributed by atoms with Crippen molar-refractivity contribution < 1.29 is 8.42 Å². The summed E-state index contributed by atoms with van der Waals surface area (Å²) in [5, 5.41) is 2.59. The van der Waals surface area contributed by atoms with Gasteiger partial charge in [-0.05, 0) is 94.6 Å². The molecule has 0 bridgehead atoms. The molecule has 4 rings (SSSR count). The largest absolute Gasteiger partial charge is 0.385 e. The van der Waals surface area contributed by atoms with E-state index in [1.807, 2.05) is 49.4 Å². The zero-order valence-electron chi connectivity index (χ0n) is 26.0. The van der Waals surface area contributed by atoms with Crippen LogP contribution in [0, 0.1) is 30.6 Å². The molecule has 3 nitrogen and oxygen atoms in total. The molecule has 0 amide bonds. The monoisotopic (exact) mass is 587 g/mol. The number of rotatable bonds is 8. The van der Waals surface area contributed by atoms with Crippen molar-refractivity contribution in [2.75, 3.05) is 11.9 Å². The Balaban J connectivity index is 1.52. The molecule has 0 saturated carbocycles. The van der Waals surface area contributed by atoms with Gasteiger partial charge in [-0.15, -0.1) is 0 Å². The lowest BCUT2D eigenvalue weighted by atomic mass is 9.80. The average molecular weight is 588 g/mol. The molecule has 43 heavy (non-hydrogen) atoms. The van der Waals surface area contributed by atoms with Crippen LogP contribution < -0.4 is 5.32 Å². The maximum atomic E-state index is 13.6. The van der Waals surface area contributed by atoms with E-state index in [0.717, 1.165) is 34.5 Å². The van der Waals surface area contributed by atoms with Crippen molar-refractivity contribution in [2.45, 2.75) is 68.9 Å². The number of hydrogen-bond acceptors (Lipinski definition) is 3. The summed E-state index contributed by atoms with van der Waals surface area (Å²) in [6, 6.07) is 32.9. The molecule has 0 radical (unpaired) electrons. The maximum absolute atomic E-state index is 13.6. The Bertz CT molecular complexity index is 1740.